The van der Waals surface area contributed by atoms with Gasteiger partial charge in [-0.05, 0) is 81.4 Å². The van der Waals surface area contributed by atoms with E-state index in [0.717, 1.165) is 83.2 Å². The van der Waals surface area contributed by atoms with E-state index >= 15 is 0 Å². The van der Waals surface area contributed by atoms with Crippen molar-refractivity contribution in [1.29, 1.82) is 0 Å². The van der Waals surface area contributed by atoms with Crippen LogP contribution in [0.5, 0.6) is 5.75 Å². The molecular formula is C24H40O4. The Morgan fingerprint density at radius 1 is 0.679 bits per heavy atom. The highest BCUT2D eigenvalue weighted by Gasteiger charge is 2.22. The molecule has 1 saturated carbocycles. The van der Waals surface area contributed by atoms with Crippen LogP contribution in [0.4, 0.5) is 0 Å². The standard InChI is InChI=1S/C24H40O4/c25-17-5-1-3-7-19-27-23-13-9-21(10-14-23)22-11-15-24(16-12-22)28-20-8-4-2-6-18-26/h9-10,13-14,22,24-26H,1-8,11-12,15-20H2/t22-,24-. The average Bonchev–Trinajstić information content (AvgIpc) is 2.74. The third kappa shape index (κ3) is 9.40. The molecule has 1 aromatic rings. The predicted molar refractivity (Wildman–Crippen MR) is 114 cm³/mol. The molecule has 0 unspecified atom stereocenters. The lowest BCUT2D eigenvalue weighted by Crippen LogP contribution is -2.21. The van der Waals surface area contributed by atoms with E-state index < -0.39 is 0 Å². The van der Waals surface area contributed by atoms with Crippen LogP contribution in [-0.4, -0.2) is 42.7 Å². The smallest absolute Gasteiger partial charge is 0.119 e. The molecule has 0 atom stereocenters. The number of unbranched alkanes of at least 4 members (excludes halogenated alkanes) is 6. The number of hydrogen-bond acceptors (Lipinski definition) is 4. The van der Waals surface area contributed by atoms with Gasteiger partial charge in [0.1, 0.15) is 5.75 Å². The van der Waals surface area contributed by atoms with E-state index in [4.69, 9.17) is 19.7 Å². The largest absolute Gasteiger partial charge is 0.494 e. The summed E-state index contributed by atoms with van der Waals surface area (Å²) < 4.78 is 11.9. The quantitative estimate of drug-likeness (QED) is 0.402. The minimum Gasteiger partial charge on any atom is -0.494 e. The summed E-state index contributed by atoms with van der Waals surface area (Å²) in [4.78, 5) is 0. The van der Waals surface area contributed by atoms with Gasteiger partial charge in [-0.25, -0.2) is 0 Å². The molecule has 0 aromatic heterocycles. The molecule has 1 aliphatic carbocycles. The van der Waals surface area contributed by atoms with Gasteiger partial charge < -0.3 is 19.7 Å². The van der Waals surface area contributed by atoms with Crippen molar-refractivity contribution in [3.05, 3.63) is 29.8 Å². The molecule has 4 heteroatoms. The summed E-state index contributed by atoms with van der Waals surface area (Å²) in [6.45, 7) is 2.23. The normalized spacial score (nSPS) is 19.6. The molecule has 0 aliphatic heterocycles. The lowest BCUT2D eigenvalue weighted by molar-refractivity contribution is 0.0225. The van der Waals surface area contributed by atoms with Crippen LogP contribution in [0.15, 0.2) is 24.3 Å². The Balaban J connectivity index is 1.58. The molecule has 4 nitrogen and oxygen atoms in total. The van der Waals surface area contributed by atoms with Crippen LogP contribution in [0.2, 0.25) is 0 Å². The highest BCUT2D eigenvalue weighted by molar-refractivity contribution is 5.29. The van der Waals surface area contributed by atoms with E-state index in [0.29, 0.717) is 25.2 Å². The van der Waals surface area contributed by atoms with Crippen molar-refractivity contribution >= 4 is 0 Å². The Morgan fingerprint density at radius 2 is 1.25 bits per heavy atom. The van der Waals surface area contributed by atoms with Gasteiger partial charge in [0, 0.05) is 19.8 Å². The first-order chi connectivity index (χ1) is 13.8. The van der Waals surface area contributed by atoms with Gasteiger partial charge in [-0.15, -0.1) is 0 Å². The highest BCUT2D eigenvalue weighted by Crippen LogP contribution is 2.34. The number of rotatable bonds is 15. The summed E-state index contributed by atoms with van der Waals surface area (Å²) >= 11 is 0. The monoisotopic (exact) mass is 392 g/mol. The Morgan fingerprint density at radius 3 is 1.86 bits per heavy atom. The fourth-order valence-electron chi connectivity index (χ4n) is 3.97. The van der Waals surface area contributed by atoms with Crippen LogP contribution in [0, 0.1) is 0 Å². The maximum Gasteiger partial charge on any atom is 0.119 e. The van der Waals surface area contributed by atoms with Crippen LogP contribution in [0.25, 0.3) is 0 Å². The Bertz CT molecular complexity index is 480. The second-order valence-corrected chi connectivity index (χ2v) is 8.04. The van der Waals surface area contributed by atoms with E-state index in [1.54, 1.807) is 0 Å². The molecule has 28 heavy (non-hydrogen) atoms. The fourth-order valence-corrected chi connectivity index (χ4v) is 3.97. The SMILES string of the molecule is OCCCCCCOc1ccc([C@H]2CC[C@H](OCCCCCCO)CC2)cc1. The minimum atomic E-state index is 0.293. The number of aliphatic hydroxyl groups excluding tert-OH is 2. The molecule has 1 fully saturated rings. The van der Waals surface area contributed by atoms with E-state index in [-0.39, 0.29) is 0 Å². The highest BCUT2D eigenvalue weighted by atomic mass is 16.5. The number of ether oxygens (including phenoxy) is 2. The van der Waals surface area contributed by atoms with Crippen LogP contribution in [0.3, 0.4) is 0 Å². The van der Waals surface area contributed by atoms with Crippen molar-refractivity contribution in [2.45, 2.75) is 89.1 Å². The molecule has 0 amide bonds. The summed E-state index contributed by atoms with van der Waals surface area (Å²) in [7, 11) is 0. The number of benzene rings is 1. The van der Waals surface area contributed by atoms with Gasteiger partial charge in [-0.1, -0.05) is 31.4 Å². The van der Waals surface area contributed by atoms with Crippen molar-refractivity contribution in [3.8, 4) is 5.75 Å². The molecule has 2 rings (SSSR count). The second-order valence-electron chi connectivity index (χ2n) is 8.04. The lowest BCUT2D eigenvalue weighted by atomic mass is 9.83. The molecule has 1 aliphatic rings. The van der Waals surface area contributed by atoms with Gasteiger partial charge in [0.25, 0.3) is 0 Å². The van der Waals surface area contributed by atoms with Gasteiger partial charge in [0.15, 0.2) is 0 Å². The van der Waals surface area contributed by atoms with Gasteiger partial charge in [-0.3, -0.25) is 0 Å². The van der Waals surface area contributed by atoms with Crippen LogP contribution in [0.1, 0.15) is 88.5 Å². The second kappa shape index (κ2) is 14.8. The fraction of sp³-hybridized carbons (Fsp3) is 0.750. The molecule has 1 aromatic carbocycles. The molecule has 0 radical (unpaired) electrons. The van der Waals surface area contributed by atoms with Crippen LogP contribution >= 0.6 is 0 Å². The molecule has 0 spiro atoms. The van der Waals surface area contributed by atoms with E-state index in [9.17, 15) is 0 Å². The third-order valence-corrected chi connectivity index (χ3v) is 5.75. The summed E-state index contributed by atoms with van der Waals surface area (Å²) in [5.74, 6) is 1.61. The zero-order valence-electron chi connectivity index (χ0n) is 17.5. The zero-order valence-corrected chi connectivity index (χ0v) is 17.5. The molecule has 0 saturated heterocycles. The minimum absolute atomic E-state index is 0.293. The molecule has 160 valence electrons. The first kappa shape index (κ1) is 23.2. The third-order valence-electron chi connectivity index (χ3n) is 5.75. The van der Waals surface area contributed by atoms with Gasteiger partial charge in [0.05, 0.1) is 12.7 Å². The summed E-state index contributed by atoms with van der Waals surface area (Å²) in [6, 6.07) is 8.68. The Labute approximate surface area is 171 Å². The van der Waals surface area contributed by atoms with E-state index in [1.807, 2.05) is 0 Å². The van der Waals surface area contributed by atoms with Crippen molar-refractivity contribution < 1.29 is 19.7 Å². The first-order valence-corrected chi connectivity index (χ1v) is 11.4. The van der Waals surface area contributed by atoms with E-state index in [2.05, 4.69) is 24.3 Å². The van der Waals surface area contributed by atoms with Crippen LogP contribution < -0.4 is 4.74 Å². The number of hydrogen-bond donors (Lipinski definition) is 2. The lowest BCUT2D eigenvalue weighted by Gasteiger charge is -2.29. The van der Waals surface area contributed by atoms with Crippen molar-refractivity contribution in [2.75, 3.05) is 26.4 Å². The predicted octanol–water partition coefficient (Wildman–Crippen LogP) is 5.21. The van der Waals surface area contributed by atoms with E-state index in [1.165, 1.54) is 18.4 Å². The molecule has 0 heterocycles. The average molecular weight is 393 g/mol. The summed E-state index contributed by atoms with van der Waals surface area (Å²) in [5, 5.41) is 17.6. The van der Waals surface area contributed by atoms with Crippen LogP contribution in [-0.2, 0) is 4.74 Å². The molecule has 2 N–H and O–H groups in total. The Kier molecular flexibility index (Phi) is 12.3. The van der Waals surface area contributed by atoms with Crippen molar-refractivity contribution in [3.63, 3.8) is 0 Å². The zero-order chi connectivity index (χ0) is 19.9. The maximum atomic E-state index is 8.79. The van der Waals surface area contributed by atoms with Gasteiger partial charge in [-0.2, -0.15) is 0 Å². The first-order valence-electron chi connectivity index (χ1n) is 11.4. The van der Waals surface area contributed by atoms with Crippen molar-refractivity contribution in [2.24, 2.45) is 0 Å². The maximum absolute atomic E-state index is 8.79. The topological polar surface area (TPSA) is 58.9 Å². The Hall–Kier alpha value is -1.10. The molecule has 0 bridgehead atoms. The summed E-state index contributed by atoms with van der Waals surface area (Å²) in [6.07, 6.45) is 13.6. The number of aliphatic hydroxyl groups is 2. The van der Waals surface area contributed by atoms with Gasteiger partial charge >= 0.3 is 0 Å². The molecular weight excluding hydrogens is 352 g/mol. The van der Waals surface area contributed by atoms with Crippen molar-refractivity contribution in [1.82, 2.24) is 0 Å². The summed E-state index contributed by atoms with van der Waals surface area (Å²) in [5.41, 5.74) is 1.43. The van der Waals surface area contributed by atoms with Gasteiger partial charge in [0.2, 0.25) is 0 Å².